The molecule has 1 aliphatic carbocycles. The van der Waals surface area contributed by atoms with Crippen LogP contribution in [0.2, 0.25) is 0 Å². The first-order valence-electron chi connectivity index (χ1n) is 10.3. The highest BCUT2D eigenvalue weighted by Gasteiger charge is 2.38. The predicted octanol–water partition coefficient (Wildman–Crippen LogP) is 2.98. The van der Waals surface area contributed by atoms with Crippen molar-refractivity contribution in [3.63, 3.8) is 0 Å². The van der Waals surface area contributed by atoms with Crippen LogP contribution >= 0.6 is 11.3 Å². The van der Waals surface area contributed by atoms with Gasteiger partial charge in [-0.3, -0.25) is 9.20 Å². The number of halogens is 1. The summed E-state index contributed by atoms with van der Waals surface area (Å²) in [5.41, 5.74) is 7.79. The second kappa shape index (κ2) is 6.54. The van der Waals surface area contributed by atoms with Gasteiger partial charge in [-0.05, 0) is 36.9 Å². The molecule has 0 saturated carbocycles. The molecule has 160 valence electrons. The molecule has 0 radical (unpaired) electrons. The number of carboxylic acid groups (broad SMARTS) is 1. The maximum Gasteiger partial charge on any atom is 0.342 e. The molecule has 2 unspecified atom stereocenters. The van der Waals surface area contributed by atoms with Gasteiger partial charge >= 0.3 is 5.97 Å². The molecule has 31 heavy (non-hydrogen) atoms. The summed E-state index contributed by atoms with van der Waals surface area (Å²) >= 11 is 1.19. The minimum absolute atomic E-state index is 0.0289. The number of benzene rings is 1. The zero-order valence-electron chi connectivity index (χ0n) is 16.6. The lowest BCUT2D eigenvalue weighted by Gasteiger charge is -2.28. The van der Waals surface area contributed by atoms with Crippen LogP contribution in [0.4, 0.5) is 10.1 Å². The largest absolute Gasteiger partial charge is 0.483 e. The van der Waals surface area contributed by atoms with Crippen LogP contribution in [-0.2, 0) is 6.61 Å². The Hall–Kier alpha value is -2.91. The molecule has 7 nitrogen and oxygen atoms in total. The Morgan fingerprint density at radius 2 is 2.26 bits per heavy atom. The van der Waals surface area contributed by atoms with Crippen molar-refractivity contribution >= 4 is 38.7 Å². The molecule has 0 bridgehead atoms. The third kappa shape index (κ3) is 2.47. The molecule has 6 rings (SSSR count). The van der Waals surface area contributed by atoms with Gasteiger partial charge in [0.2, 0.25) is 5.43 Å². The number of aromatic carboxylic acids is 1. The molecule has 3 aliphatic rings. The Labute approximate surface area is 180 Å². The molecule has 3 aromatic rings. The summed E-state index contributed by atoms with van der Waals surface area (Å²) < 4.78 is 23.2. The van der Waals surface area contributed by atoms with Gasteiger partial charge in [0.1, 0.15) is 28.2 Å². The Morgan fingerprint density at radius 3 is 3.03 bits per heavy atom. The van der Waals surface area contributed by atoms with E-state index in [0.29, 0.717) is 53.3 Å². The lowest BCUT2D eigenvalue weighted by Crippen LogP contribution is -2.29. The van der Waals surface area contributed by atoms with Gasteiger partial charge in [-0.2, -0.15) is 0 Å². The molecule has 0 amide bonds. The van der Waals surface area contributed by atoms with Gasteiger partial charge in [0.15, 0.2) is 11.6 Å². The van der Waals surface area contributed by atoms with E-state index in [1.54, 1.807) is 9.78 Å². The molecule has 1 fully saturated rings. The number of hydrogen-bond donors (Lipinski definition) is 2. The van der Waals surface area contributed by atoms with Crippen LogP contribution in [0.5, 0.6) is 5.75 Å². The van der Waals surface area contributed by atoms with Gasteiger partial charge in [-0.15, -0.1) is 11.3 Å². The maximum atomic E-state index is 15.5. The minimum atomic E-state index is -1.31. The number of aromatic nitrogens is 1. The number of fused-ring (bicyclic) bond motifs is 1. The van der Waals surface area contributed by atoms with Crippen LogP contribution in [0.1, 0.15) is 28.9 Å². The zero-order chi connectivity index (χ0) is 21.4. The Bertz CT molecular complexity index is 1380. The van der Waals surface area contributed by atoms with E-state index in [1.165, 1.54) is 23.0 Å². The SMILES string of the molecule is NCC1CCC=C2CN(c3c(F)cc4c(=O)c(C(=O)O)c5scc6n5c4c3OC6)CC21. The van der Waals surface area contributed by atoms with Crippen molar-refractivity contribution in [2.75, 3.05) is 24.5 Å². The van der Waals surface area contributed by atoms with Crippen molar-refractivity contribution in [3.05, 3.63) is 50.4 Å². The van der Waals surface area contributed by atoms with Gasteiger partial charge in [-0.25, -0.2) is 9.18 Å². The standard InChI is InChI=1S/C22H20FN3O4S/c23-15-4-13-17-20(18(15)25-6-11-3-1-2-10(5-24)14(11)7-25)30-8-12-9-31-21(26(12)17)16(19(13)27)22(28)29/h3-4,9-10,14H,1-2,5-8,24H2,(H,28,29). The number of allylic oxidation sites excluding steroid dienone is 1. The summed E-state index contributed by atoms with van der Waals surface area (Å²) in [4.78, 5) is 27.1. The van der Waals surface area contributed by atoms with Crippen molar-refractivity contribution in [3.8, 4) is 5.75 Å². The zero-order valence-corrected chi connectivity index (χ0v) is 17.4. The number of ether oxygens (including phenoxy) is 1. The number of thiazole rings is 1. The predicted molar refractivity (Wildman–Crippen MR) is 116 cm³/mol. The van der Waals surface area contributed by atoms with Gasteiger partial charge in [0, 0.05) is 24.4 Å². The van der Waals surface area contributed by atoms with Crippen LogP contribution in [-0.4, -0.2) is 35.1 Å². The second-order valence-corrected chi connectivity index (χ2v) is 9.30. The first kappa shape index (κ1) is 18.8. The monoisotopic (exact) mass is 441 g/mol. The highest BCUT2D eigenvalue weighted by atomic mass is 32.1. The number of nitrogens with two attached hydrogens (primary N) is 1. The van der Waals surface area contributed by atoms with Gasteiger partial charge in [-0.1, -0.05) is 6.08 Å². The maximum absolute atomic E-state index is 15.5. The first-order chi connectivity index (χ1) is 15.0. The molecule has 9 heteroatoms. The van der Waals surface area contributed by atoms with Crippen LogP contribution < -0.4 is 20.8 Å². The van der Waals surface area contributed by atoms with Crippen LogP contribution in [0.25, 0.3) is 15.7 Å². The van der Waals surface area contributed by atoms with Crippen LogP contribution in [0.15, 0.2) is 27.9 Å². The summed E-state index contributed by atoms with van der Waals surface area (Å²) in [5, 5.41) is 11.4. The van der Waals surface area contributed by atoms with E-state index in [4.69, 9.17) is 10.5 Å². The normalized spacial score (nSPS) is 22.1. The van der Waals surface area contributed by atoms with Crippen LogP contribution in [0, 0.1) is 17.7 Å². The summed E-state index contributed by atoms with van der Waals surface area (Å²) in [6.07, 6.45) is 4.26. The summed E-state index contributed by atoms with van der Waals surface area (Å²) in [7, 11) is 0. The molecule has 2 atom stereocenters. The van der Waals surface area contributed by atoms with Crippen molar-refractivity contribution in [2.45, 2.75) is 19.4 Å². The van der Waals surface area contributed by atoms with E-state index in [9.17, 15) is 14.7 Å². The van der Waals surface area contributed by atoms with Gasteiger partial charge in [0.05, 0.1) is 11.1 Å². The average Bonchev–Trinajstić information content (AvgIpc) is 3.36. The highest BCUT2D eigenvalue weighted by molar-refractivity contribution is 7.16. The first-order valence-corrected chi connectivity index (χ1v) is 11.2. The number of rotatable bonds is 3. The van der Waals surface area contributed by atoms with E-state index < -0.39 is 17.2 Å². The minimum Gasteiger partial charge on any atom is -0.483 e. The number of nitrogens with zero attached hydrogens (tertiary/aromatic N) is 2. The number of carboxylic acids is 1. The number of carbonyl (C=O) groups is 1. The third-order valence-electron chi connectivity index (χ3n) is 6.87. The Balaban J connectivity index is 1.61. The van der Waals surface area contributed by atoms with Gasteiger partial charge < -0.3 is 20.5 Å². The lowest BCUT2D eigenvalue weighted by atomic mass is 9.80. The fraction of sp³-hybridized carbons (Fsp3) is 0.364. The molecule has 3 N–H and O–H groups in total. The van der Waals surface area contributed by atoms with E-state index in [1.807, 2.05) is 4.90 Å². The molecule has 4 heterocycles. The summed E-state index contributed by atoms with van der Waals surface area (Å²) in [5.74, 6) is -0.902. The van der Waals surface area contributed by atoms with E-state index in [2.05, 4.69) is 6.08 Å². The number of pyridine rings is 1. The second-order valence-electron chi connectivity index (χ2n) is 8.44. The van der Waals surface area contributed by atoms with E-state index in [-0.39, 0.29) is 17.6 Å². The fourth-order valence-corrected chi connectivity index (χ4v) is 6.47. The van der Waals surface area contributed by atoms with Crippen molar-refractivity contribution < 1.29 is 19.0 Å². The van der Waals surface area contributed by atoms with Gasteiger partial charge in [0.25, 0.3) is 0 Å². The van der Waals surface area contributed by atoms with Crippen molar-refractivity contribution in [2.24, 2.45) is 17.6 Å². The molecular formula is C22H20FN3O4S. The number of hydrogen-bond acceptors (Lipinski definition) is 6. The third-order valence-corrected chi connectivity index (χ3v) is 7.87. The Kier molecular flexibility index (Phi) is 3.97. The van der Waals surface area contributed by atoms with Crippen molar-refractivity contribution in [1.82, 2.24) is 4.40 Å². The lowest BCUT2D eigenvalue weighted by molar-refractivity contribution is 0.0697. The summed E-state index contributed by atoms with van der Waals surface area (Å²) in [6, 6.07) is 1.17. The fourth-order valence-electron chi connectivity index (χ4n) is 5.43. The Morgan fingerprint density at radius 1 is 1.42 bits per heavy atom. The smallest absolute Gasteiger partial charge is 0.342 e. The van der Waals surface area contributed by atoms with Crippen molar-refractivity contribution in [1.29, 1.82) is 0 Å². The topological polar surface area (TPSA) is 97.3 Å². The molecule has 1 aromatic carbocycles. The summed E-state index contributed by atoms with van der Waals surface area (Å²) in [6.45, 7) is 2.04. The molecule has 2 aromatic heterocycles. The molecule has 2 aliphatic heterocycles. The number of anilines is 1. The quantitative estimate of drug-likeness (QED) is 0.607. The highest BCUT2D eigenvalue weighted by Crippen LogP contribution is 2.46. The van der Waals surface area contributed by atoms with E-state index >= 15 is 4.39 Å². The van der Waals surface area contributed by atoms with E-state index in [0.717, 1.165) is 18.5 Å². The molecular weight excluding hydrogens is 421 g/mol. The molecule has 1 saturated heterocycles. The average molecular weight is 441 g/mol. The van der Waals surface area contributed by atoms with Crippen LogP contribution in [0.3, 0.4) is 0 Å². The molecule has 0 spiro atoms.